The highest BCUT2D eigenvalue weighted by Gasteiger charge is 2.46. The Bertz CT molecular complexity index is 1550. The van der Waals surface area contributed by atoms with E-state index in [0.717, 1.165) is 42.0 Å². The van der Waals surface area contributed by atoms with Crippen molar-refractivity contribution in [2.75, 3.05) is 22.9 Å². The van der Waals surface area contributed by atoms with E-state index in [2.05, 4.69) is 55.6 Å². The first-order valence-electron chi connectivity index (χ1n) is 14.6. The minimum Gasteiger partial charge on any atom is -0.370 e. The van der Waals surface area contributed by atoms with Crippen molar-refractivity contribution in [3.05, 3.63) is 78.2 Å². The van der Waals surface area contributed by atoms with Crippen LogP contribution in [-0.2, 0) is 0 Å². The van der Waals surface area contributed by atoms with Crippen molar-refractivity contribution >= 4 is 17.4 Å². The average Bonchev–Trinajstić information content (AvgIpc) is 3.46. The molecule has 2 aliphatic heterocycles. The average molecular weight is 550 g/mol. The van der Waals surface area contributed by atoms with E-state index in [-0.39, 0.29) is 0 Å². The molecule has 2 aromatic carbocycles. The minimum absolute atomic E-state index is 0.324. The predicted octanol–water partition coefficient (Wildman–Crippen LogP) is 4.57. The summed E-state index contributed by atoms with van der Waals surface area (Å²) in [6, 6.07) is 21.7. The smallest absolute Gasteiger partial charge is 0.257 e. The normalized spacial score (nSPS) is 24.0. The van der Waals surface area contributed by atoms with Gasteiger partial charge >= 0.3 is 0 Å². The summed E-state index contributed by atoms with van der Waals surface area (Å²) >= 11 is 0. The molecule has 1 amide bonds. The summed E-state index contributed by atoms with van der Waals surface area (Å²) in [7, 11) is 0. The summed E-state index contributed by atoms with van der Waals surface area (Å²) in [5.74, 6) is 1.80. The summed E-state index contributed by atoms with van der Waals surface area (Å²) in [5.41, 5.74) is 10.2. The Hall–Kier alpha value is -4.24. The zero-order valence-corrected chi connectivity index (χ0v) is 23.2. The second kappa shape index (κ2) is 10.6. The van der Waals surface area contributed by atoms with Gasteiger partial charge in [0.1, 0.15) is 5.82 Å². The molecule has 0 bridgehead atoms. The molecule has 41 heavy (non-hydrogen) atoms. The molecule has 3 fully saturated rings. The van der Waals surface area contributed by atoms with E-state index in [1.54, 1.807) is 6.07 Å². The van der Waals surface area contributed by atoms with Crippen molar-refractivity contribution in [2.45, 2.75) is 63.2 Å². The monoisotopic (exact) mass is 549 g/mol. The quantitative estimate of drug-likeness (QED) is 0.372. The van der Waals surface area contributed by atoms with Crippen LogP contribution in [0.15, 0.2) is 71.4 Å². The van der Waals surface area contributed by atoms with E-state index in [0.29, 0.717) is 41.4 Å². The Balaban J connectivity index is 1.16. The fourth-order valence-electron chi connectivity index (χ4n) is 6.99. The first kappa shape index (κ1) is 25.7. The van der Waals surface area contributed by atoms with Crippen molar-refractivity contribution in [3.63, 3.8) is 0 Å². The molecule has 9 heteroatoms. The lowest BCUT2D eigenvalue weighted by Gasteiger charge is -2.56. The van der Waals surface area contributed by atoms with Crippen LogP contribution in [0.25, 0.3) is 22.6 Å². The van der Waals surface area contributed by atoms with Crippen molar-refractivity contribution < 1.29 is 9.32 Å². The third-order valence-corrected chi connectivity index (χ3v) is 8.95. The van der Waals surface area contributed by atoms with Gasteiger partial charge in [-0.15, -0.1) is 0 Å². The first-order chi connectivity index (χ1) is 20.0. The predicted molar refractivity (Wildman–Crippen MR) is 159 cm³/mol. The van der Waals surface area contributed by atoms with E-state index in [1.165, 1.54) is 31.4 Å². The number of amides is 1. The number of nitrogens with one attached hydrogen (secondary N) is 1. The Kier molecular flexibility index (Phi) is 6.66. The lowest BCUT2D eigenvalue weighted by atomic mass is 9.81. The van der Waals surface area contributed by atoms with E-state index < -0.39 is 5.91 Å². The number of aryl methyl sites for hydroxylation is 1. The van der Waals surface area contributed by atoms with Gasteiger partial charge in [-0.3, -0.25) is 4.79 Å². The van der Waals surface area contributed by atoms with Gasteiger partial charge in [-0.2, -0.15) is 4.98 Å². The number of fused-ring (bicyclic) bond motifs is 2. The molecule has 9 nitrogen and oxygen atoms in total. The fourth-order valence-corrected chi connectivity index (χ4v) is 6.99. The number of piperazine rings is 1. The first-order valence-corrected chi connectivity index (χ1v) is 14.6. The third-order valence-electron chi connectivity index (χ3n) is 8.95. The maximum atomic E-state index is 11.8. The van der Waals surface area contributed by atoms with Crippen LogP contribution in [0.3, 0.4) is 0 Å². The molecule has 0 radical (unpaired) electrons. The number of carbonyl (C=O) groups is 1. The zero-order chi connectivity index (χ0) is 27.9. The number of rotatable bonds is 5. The second-order valence-electron chi connectivity index (χ2n) is 11.5. The number of anilines is 2. The lowest BCUT2D eigenvalue weighted by Crippen LogP contribution is -2.72. The van der Waals surface area contributed by atoms with Crippen molar-refractivity contribution in [3.8, 4) is 22.6 Å². The van der Waals surface area contributed by atoms with Crippen LogP contribution in [0.2, 0.25) is 0 Å². The molecule has 4 unspecified atom stereocenters. The molecule has 4 heterocycles. The van der Waals surface area contributed by atoms with Crippen molar-refractivity contribution in [2.24, 2.45) is 5.73 Å². The molecule has 4 atom stereocenters. The van der Waals surface area contributed by atoms with E-state index in [4.69, 9.17) is 15.2 Å². The van der Waals surface area contributed by atoms with Crippen LogP contribution in [-0.4, -0.2) is 58.3 Å². The molecule has 3 N–H and O–H groups in total. The number of carbonyl (C=O) groups excluding carboxylic acids is 1. The molecule has 7 rings (SSSR count). The highest BCUT2D eigenvalue weighted by molar-refractivity contribution is 5.94. The Morgan fingerprint density at radius 1 is 0.951 bits per heavy atom. The molecular formula is C32H35N7O2. The summed E-state index contributed by atoms with van der Waals surface area (Å²) < 4.78 is 5.35. The number of primary amides is 1. The molecule has 2 saturated heterocycles. The van der Waals surface area contributed by atoms with Gasteiger partial charge in [0.2, 0.25) is 5.91 Å². The topological polar surface area (TPSA) is 113 Å². The maximum Gasteiger partial charge on any atom is 0.257 e. The number of nitrogens with zero attached hydrogens (tertiary/aromatic N) is 5. The molecule has 1 saturated carbocycles. The van der Waals surface area contributed by atoms with E-state index in [9.17, 15) is 4.79 Å². The van der Waals surface area contributed by atoms with Gasteiger partial charge in [0, 0.05) is 60.3 Å². The van der Waals surface area contributed by atoms with Crippen molar-refractivity contribution in [1.29, 1.82) is 0 Å². The van der Waals surface area contributed by atoms with Gasteiger partial charge in [0.05, 0.1) is 0 Å². The summed E-state index contributed by atoms with van der Waals surface area (Å²) in [4.78, 5) is 26.2. The van der Waals surface area contributed by atoms with Gasteiger partial charge in [-0.1, -0.05) is 30.1 Å². The molecule has 210 valence electrons. The van der Waals surface area contributed by atoms with E-state index in [1.807, 2.05) is 37.4 Å². The maximum absolute atomic E-state index is 11.8. The third kappa shape index (κ3) is 4.95. The summed E-state index contributed by atoms with van der Waals surface area (Å²) in [6.07, 6.45) is 7.79. The molecule has 4 aromatic rings. The molecule has 0 spiro atoms. The summed E-state index contributed by atoms with van der Waals surface area (Å²) in [5, 5.41) is 7.98. The lowest BCUT2D eigenvalue weighted by molar-refractivity contribution is 0.100. The van der Waals surface area contributed by atoms with E-state index >= 15 is 0 Å². The largest absolute Gasteiger partial charge is 0.370 e. The number of hydrogen-bond acceptors (Lipinski definition) is 8. The Morgan fingerprint density at radius 2 is 1.76 bits per heavy atom. The van der Waals surface area contributed by atoms with Gasteiger partial charge in [0.25, 0.3) is 5.89 Å². The number of pyridine rings is 1. The number of nitrogens with two attached hydrogens (primary N) is 1. The number of hydrogen-bond donors (Lipinski definition) is 2. The number of aromatic nitrogens is 3. The number of piperidine rings is 1. The highest BCUT2D eigenvalue weighted by atomic mass is 16.5. The standard InChI is InChI=1S/C32H35N7O2/c1-20-35-32(41-37-20)21-9-11-25(12-10-21)38-16-14-29-27(19-38)36-26-7-2-3-8-28(26)39(29)30-18-23(13-15-34-30)22-5-4-6-24(17-22)31(33)40/h4-6,9-13,15,17-18,26-29,36H,2-3,7-8,14,16,19H2,1H3,(H2,33,40). The van der Waals surface area contributed by atoms with Gasteiger partial charge < -0.3 is 25.4 Å². The molecular weight excluding hydrogens is 514 g/mol. The van der Waals surface area contributed by atoms with Crippen LogP contribution >= 0.6 is 0 Å². The molecule has 1 aliphatic carbocycles. The zero-order valence-electron chi connectivity index (χ0n) is 23.2. The highest BCUT2D eigenvalue weighted by Crippen LogP contribution is 2.38. The van der Waals surface area contributed by atoms with Crippen LogP contribution in [0, 0.1) is 6.92 Å². The number of benzene rings is 2. The molecule has 2 aromatic heterocycles. The van der Waals surface area contributed by atoms with Crippen molar-refractivity contribution in [1.82, 2.24) is 20.4 Å². The summed E-state index contributed by atoms with van der Waals surface area (Å²) in [6.45, 7) is 3.73. The second-order valence-corrected chi connectivity index (χ2v) is 11.5. The molecule has 3 aliphatic rings. The minimum atomic E-state index is -0.415. The van der Waals surface area contributed by atoms with Crippen LogP contribution in [0.1, 0.15) is 48.3 Å². The van der Waals surface area contributed by atoms with Crippen LogP contribution in [0.5, 0.6) is 0 Å². The van der Waals surface area contributed by atoms with Gasteiger partial charge in [-0.05, 0) is 85.8 Å². The Morgan fingerprint density at radius 3 is 2.56 bits per heavy atom. The van der Waals surface area contributed by atoms with Crippen LogP contribution < -0.4 is 20.9 Å². The Labute approximate surface area is 239 Å². The van der Waals surface area contributed by atoms with Crippen LogP contribution in [0.4, 0.5) is 11.5 Å². The van der Waals surface area contributed by atoms with Gasteiger partial charge in [-0.25, -0.2) is 4.98 Å². The van der Waals surface area contributed by atoms with Gasteiger partial charge in [0.15, 0.2) is 5.82 Å². The SMILES string of the molecule is Cc1noc(-c2ccc(N3CCC4C(C3)NC3CCCCC3N4c3cc(-c4cccc(C(N)=O)c4)ccn3)cc2)n1. The fraction of sp³-hybridized carbons (Fsp3) is 0.375.